The number of hydrogen-bond donors (Lipinski definition) is 1. The normalized spacial score (nSPS) is 22.8. The van der Waals surface area contributed by atoms with Gasteiger partial charge in [0.15, 0.2) is 0 Å². The summed E-state index contributed by atoms with van der Waals surface area (Å²) in [7, 11) is 0. The molecule has 3 atom stereocenters. The van der Waals surface area contributed by atoms with Gasteiger partial charge in [-0.15, -0.1) is 0 Å². The standard InChI is InChI=1S/C21H26N2O2S2/c1-4-26-14(2)20-18-13-19(27-11-10-22-15(3)24)17(23(18)21(20)25)12-16-8-6-5-7-9-16/h5-11,14,18,20H,4,12-13H2,1-3H3,(H,22,24)/b11-10+/t14-,18-,20-/m1/s1. The van der Waals surface area contributed by atoms with Crippen LogP contribution in [0.4, 0.5) is 0 Å². The highest BCUT2D eigenvalue weighted by atomic mass is 32.2. The third-order valence-electron chi connectivity index (χ3n) is 4.99. The van der Waals surface area contributed by atoms with Crippen LogP contribution >= 0.6 is 23.5 Å². The summed E-state index contributed by atoms with van der Waals surface area (Å²) in [5, 5.41) is 4.93. The van der Waals surface area contributed by atoms with Crippen LogP contribution in [-0.4, -0.2) is 33.8 Å². The molecule has 1 aromatic rings. The number of thioether (sulfide) groups is 2. The van der Waals surface area contributed by atoms with Gasteiger partial charge in [-0.2, -0.15) is 11.8 Å². The molecule has 0 saturated carbocycles. The first-order valence-corrected chi connectivity index (χ1v) is 11.2. The molecule has 0 unspecified atom stereocenters. The average Bonchev–Trinajstić information content (AvgIpc) is 2.93. The van der Waals surface area contributed by atoms with E-state index in [1.54, 1.807) is 18.0 Å². The first kappa shape index (κ1) is 20.1. The summed E-state index contributed by atoms with van der Waals surface area (Å²) in [5.41, 5.74) is 2.34. The van der Waals surface area contributed by atoms with E-state index in [0.717, 1.165) is 24.3 Å². The number of allylic oxidation sites excluding steroid dienone is 1. The number of nitrogens with zero attached hydrogens (tertiary/aromatic N) is 1. The molecule has 6 heteroatoms. The molecule has 0 aliphatic carbocycles. The van der Waals surface area contributed by atoms with Gasteiger partial charge in [-0.3, -0.25) is 9.59 Å². The smallest absolute Gasteiger partial charge is 0.233 e. The fraction of sp³-hybridized carbons (Fsp3) is 0.429. The minimum absolute atomic E-state index is 0.0822. The Kier molecular flexibility index (Phi) is 6.71. The summed E-state index contributed by atoms with van der Waals surface area (Å²) in [6.45, 7) is 5.81. The van der Waals surface area contributed by atoms with E-state index in [-0.39, 0.29) is 23.8 Å². The van der Waals surface area contributed by atoms with Crippen LogP contribution in [0.5, 0.6) is 0 Å². The van der Waals surface area contributed by atoms with E-state index in [4.69, 9.17) is 0 Å². The van der Waals surface area contributed by atoms with Crippen molar-refractivity contribution in [3.05, 3.63) is 58.1 Å². The van der Waals surface area contributed by atoms with E-state index in [0.29, 0.717) is 5.25 Å². The zero-order valence-corrected chi connectivity index (χ0v) is 17.6. The van der Waals surface area contributed by atoms with Gasteiger partial charge >= 0.3 is 0 Å². The molecule has 1 aromatic carbocycles. The van der Waals surface area contributed by atoms with Crippen molar-refractivity contribution in [1.82, 2.24) is 10.2 Å². The largest absolute Gasteiger partial charge is 0.332 e. The fourth-order valence-electron chi connectivity index (χ4n) is 3.80. The SMILES string of the molecule is CCS[C@H](C)[C@H]1C(=O)N2C(Cc3ccccc3)=C(S/C=C/NC(C)=O)C[C@H]12. The van der Waals surface area contributed by atoms with Gasteiger partial charge in [0, 0.05) is 41.8 Å². The molecular formula is C21H26N2O2S2. The highest BCUT2D eigenvalue weighted by molar-refractivity contribution is 8.05. The lowest BCUT2D eigenvalue weighted by atomic mass is 9.85. The Bertz CT molecular complexity index is 761. The van der Waals surface area contributed by atoms with E-state index < -0.39 is 0 Å². The Labute approximate surface area is 169 Å². The Morgan fingerprint density at radius 2 is 2.11 bits per heavy atom. The van der Waals surface area contributed by atoms with E-state index in [1.165, 1.54) is 17.4 Å². The molecule has 4 nitrogen and oxygen atoms in total. The summed E-state index contributed by atoms with van der Waals surface area (Å²) in [5.74, 6) is 1.32. The van der Waals surface area contributed by atoms with Gasteiger partial charge in [0.2, 0.25) is 11.8 Å². The third kappa shape index (κ3) is 4.43. The van der Waals surface area contributed by atoms with Gasteiger partial charge in [0.1, 0.15) is 0 Å². The second kappa shape index (κ2) is 9.02. The van der Waals surface area contributed by atoms with Crippen molar-refractivity contribution in [2.45, 2.75) is 44.9 Å². The maximum Gasteiger partial charge on any atom is 0.233 e. The predicted molar refractivity (Wildman–Crippen MR) is 114 cm³/mol. The zero-order valence-electron chi connectivity index (χ0n) is 16.0. The lowest BCUT2D eigenvalue weighted by Gasteiger charge is -2.46. The van der Waals surface area contributed by atoms with Crippen molar-refractivity contribution in [1.29, 1.82) is 0 Å². The topological polar surface area (TPSA) is 49.4 Å². The lowest BCUT2D eigenvalue weighted by molar-refractivity contribution is -0.150. The van der Waals surface area contributed by atoms with Gasteiger partial charge in [-0.25, -0.2) is 0 Å². The summed E-state index contributed by atoms with van der Waals surface area (Å²) in [6, 6.07) is 10.6. The van der Waals surface area contributed by atoms with Gasteiger partial charge in [0.25, 0.3) is 0 Å². The van der Waals surface area contributed by atoms with Crippen molar-refractivity contribution >= 4 is 35.3 Å². The molecule has 0 radical (unpaired) electrons. The maximum atomic E-state index is 12.9. The Morgan fingerprint density at radius 1 is 1.37 bits per heavy atom. The summed E-state index contributed by atoms with van der Waals surface area (Å²) in [6.07, 6.45) is 3.34. The molecule has 0 bridgehead atoms. The monoisotopic (exact) mass is 402 g/mol. The number of nitrogens with one attached hydrogen (secondary N) is 1. The minimum Gasteiger partial charge on any atom is -0.332 e. The Balaban J connectivity index is 1.79. The quantitative estimate of drug-likeness (QED) is 0.664. The second-order valence-corrected chi connectivity index (χ2v) is 9.47. The summed E-state index contributed by atoms with van der Waals surface area (Å²) in [4.78, 5) is 27.2. The first-order chi connectivity index (χ1) is 13.0. The molecule has 1 N–H and O–H groups in total. The van der Waals surface area contributed by atoms with Gasteiger partial charge in [-0.1, -0.05) is 55.9 Å². The molecule has 2 aliphatic rings. The average molecular weight is 403 g/mol. The van der Waals surface area contributed by atoms with Crippen LogP contribution in [-0.2, 0) is 16.0 Å². The number of fused-ring (bicyclic) bond motifs is 1. The molecule has 144 valence electrons. The van der Waals surface area contributed by atoms with Crippen molar-refractivity contribution in [2.24, 2.45) is 5.92 Å². The van der Waals surface area contributed by atoms with Crippen molar-refractivity contribution in [2.75, 3.05) is 5.75 Å². The van der Waals surface area contributed by atoms with Crippen LogP contribution in [0.15, 0.2) is 52.5 Å². The molecule has 0 spiro atoms. The molecule has 2 heterocycles. The Morgan fingerprint density at radius 3 is 2.78 bits per heavy atom. The molecule has 1 fully saturated rings. The van der Waals surface area contributed by atoms with Crippen molar-refractivity contribution in [3.8, 4) is 0 Å². The van der Waals surface area contributed by atoms with Gasteiger partial charge < -0.3 is 10.2 Å². The van der Waals surface area contributed by atoms with Crippen LogP contribution in [0.2, 0.25) is 0 Å². The van der Waals surface area contributed by atoms with E-state index >= 15 is 0 Å². The molecule has 2 aliphatic heterocycles. The molecule has 27 heavy (non-hydrogen) atoms. The van der Waals surface area contributed by atoms with Crippen molar-refractivity contribution in [3.63, 3.8) is 0 Å². The van der Waals surface area contributed by atoms with Crippen molar-refractivity contribution < 1.29 is 9.59 Å². The number of benzene rings is 1. The third-order valence-corrected chi connectivity index (χ3v) is 7.10. The minimum atomic E-state index is -0.0822. The fourth-order valence-corrected chi connectivity index (χ4v) is 5.70. The lowest BCUT2D eigenvalue weighted by Crippen LogP contribution is -2.60. The molecule has 2 amide bonds. The number of amides is 2. The van der Waals surface area contributed by atoms with Gasteiger partial charge in [0.05, 0.1) is 12.0 Å². The second-order valence-electron chi connectivity index (χ2n) is 6.82. The number of carbonyl (C=O) groups is 2. The molecule has 0 aromatic heterocycles. The summed E-state index contributed by atoms with van der Waals surface area (Å²) < 4.78 is 0. The number of β-lactam (4-membered cyclic amide) rings is 1. The summed E-state index contributed by atoms with van der Waals surface area (Å²) >= 11 is 3.48. The van der Waals surface area contributed by atoms with Crippen LogP contribution in [0, 0.1) is 5.92 Å². The van der Waals surface area contributed by atoms with Crippen LogP contribution < -0.4 is 5.32 Å². The Hall–Kier alpha value is -1.66. The maximum absolute atomic E-state index is 12.9. The highest BCUT2D eigenvalue weighted by Crippen LogP contribution is 2.49. The van der Waals surface area contributed by atoms with Crippen LogP contribution in [0.3, 0.4) is 0 Å². The highest BCUT2D eigenvalue weighted by Gasteiger charge is 2.54. The van der Waals surface area contributed by atoms with Crippen LogP contribution in [0.1, 0.15) is 32.8 Å². The van der Waals surface area contributed by atoms with E-state index in [1.807, 2.05) is 40.3 Å². The number of hydrogen-bond acceptors (Lipinski definition) is 4. The number of carbonyl (C=O) groups excluding carboxylic acids is 2. The molecule has 3 rings (SSSR count). The van der Waals surface area contributed by atoms with E-state index in [9.17, 15) is 9.59 Å². The first-order valence-electron chi connectivity index (χ1n) is 9.32. The van der Waals surface area contributed by atoms with Gasteiger partial charge in [-0.05, 0) is 16.7 Å². The zero-order chi connectivity index (χ0) is 19.4. The molecule has 1 saturated heterocycles. The predicted octanol–water partition coefficient (Wildman–Crippen LogP) is 4.15. The molecular weight excluding hydrogens is 376 g/mol. The van der Waals surface area contributed by atoms with E-state index in [2.05, 4.69) is 31.3 Å². The van der Waals surface area contributed by atoms with Crippen LogP contribution in [0.25, 0.3) is 0 Å². The number of rotatable bonds is 8.